The molecule has 18 heavy (non-hydrogen) atoms. The van der Waals surface area contributed by atoms with Crippen LogP contribution in [0.5, 0.6) is 0 Å². The van der Waals surface area contributed by atoms with Gasteiger partial charge in [0, 0.05) is 24.7 Å². The van der Waals surface area contributed by atoms with E-state index in [0.717, 1.165) is 37.5 Å². The van der Waals surface area contributed by atoms with Crippen molar-refractivity contribution in [3.8, 4) is 0 Å². The molecule has 1 aliphatic rings. The van der Waals surface area contributed by atoms with Crippen molar-refractivity contribution in [3.63, 3.8) is 0 Å². The van der Waals surface area contributed by atoms with Gasteiger partial charge in [-0.3, -0.25) is 4.68 Å². The Hall–Kier alpha value is -0.830. The summed E-state index contributed by atoms with van der Waals surface area (Å²) < 4.78 is 2.01. The lowest BCUT2D eigenvalue weighted by molar-refractivity contribution is 0.174. The van der Waals surface area contributed by atoms with Gasteiger partial charge in [0.15, 0.2) is 0 Å². The number of aromatic nitrogens is 2. The van der Waals surface area contributed by atoms with E-state index in [2.05, 4.69) is 31.9 Å². The van der Waals surface area contributed by atoms with E-state index in [1.807, 2.05) is 11.7 Å². The summed E-state index contributed by atoms with van der Waals surface area (Å²) in [6.07, 6.45) is 5.51. The molecule has 1 aromatic rings. The maximum Gasteiger partial charge on any atom is 0.0624 e. The Balaban J connectivity index is 2.10. The van der Waals surface area contributed by atoms with Crippen molar-refractivity contribution in [2.24, 2.45) is 24.6 Å². The Morgan fingerprint density at radius 1 is 1.44 bits per heavy atom. The van der Waals surface area contributed by atoms with E-state index in [0.29, 0.717) is 0 Å². The largest absolute Gasteiger partial charge is 0.325 e. The average molecular weight is 249 g/mol. The van der Waals surface area contributed by atoms with Crippen molar-refractivity contribution in [2.75, 3.05) is 0 Å². The fourth-order valence-corrected chi connectivity index (χ4v) is 3.18. The zero-order chi connectivity index (χ0) is 13.3. The zero-order valence-electron chi connectivity index (χ0n) is 12.2. The van der Waals surface area contributed by atoms with Gasteiger partial charge in [-0.2, -0.15) is 5.10 Å². The molecule has 0 amide bonds. The highest BCUT2D eigenvalue weighted by Gasteiger charge is 2.35. The van der Waals surface area contributed by atoms with Crippen LogP contribution in [-0.4, -0.2) is 15.3 Å². The molecule has 0 bridgehead atoms. The summed E-state index contributed by atoms with van der Waals surface area (Å²) in [5.74, 6) is 1.56. The summed E-state index contributed by atoms with van der Waals surface area (Å²) in [6, 6.07) is 2.22. The number of nitrogens with zero attached hydrogens (tertiary/aromatic N) is 2. The predicted molar refractivity (Wildman–Crippen MR) is 75.4 cm³/mol. The minimum absolute atomic E-state index is 0.0231. The number of rotatable bonds is 3. The third kappa shape index (κ3) is 2.77. The van der Waals surface area contributed by atoms with Crippen molar-refractivity contribution in [1.82, 2.24) is 9.78 Å². The normalized spacial score (nSPS) is 32.7. The zero-order valence-corrected chi connectivity index (χ0v) is 12.2. The van der Waals surface area contributed by atoms with Crippen LogP contribution in [-0.2, 0) is 19.9 Å². The smallest absolute Gasteiger partial charge is 0.0624 e. The second-order valence-electron chi connectivity index (χ2n) is 6.34. The Bertz CT molecular complexity index is 410. The van der Waals surface area contributed by atoms with Crippen LogP contribution >= 0.6 is 0 Å². The van der Waals surface area contributed by atoms with Crippen molar-refractivity contribution in [2.45, 2.75) is 58.4 Å². The first-order chi connectivity index (χ1) is 8.43. The highest BCUT2D eigenvalue weighted by atomic mass is 15.3. The Labute approximate surface area is 111 Å². The summed E-state index contributed by atoms with van der Waals surface area (Å²) in [5, 5.41) is 4.52. The Kier molecular flexibility index (Phi) is 3.81. The van der Waals surface area contributed by atoms with Crippen LogP contribution in [0, 0.1) is 11.8 Å². The topological polar surface area (TPSA) is 43.8 Å². The minimum atomic E-state index is -0.0231. The maximum absolute atomic E-state index is 6.62. The molecule has 0 aromatic carbocycles. The molecule has 0 radical (unpaired) electrons. The van der Waals surface area contributed by atoms with E-state index in [-0.39, 0.29) is 5.54 Å². The number of hydrogen-bond acceptors (Lipinski definition) is 2. The van der Waals surface area contributed by atoms with Gasteiger partial charge in [0.1, 0.15) is 0 Å². The van der Waals surface area contributed by atoms with Gasteiger partial charge in [0.2, 0.25) is 0 Å². The molecule has 2 rings (SSSR count). The van der Waals surface area contributed by atoms with Crippen molar-refractivity contribution >= 4 is 0 Å². The second kappa shape index (κ2) is 5.04. The molecular weight excluding hydrogens is 222 g/mol. The van der Waals surface area contributed by atoms with Gasteiger partial charge in [-0.25, -0.2) is 0 Å². The van der Waals surface area contributed by atoms with Crippen LogP contribution in [0.3, 0.4) is 0 Å². The van der Waals surface area contributed by atoms with Gasteiger partial charge in [0.25, 0.3) is 0 Å². The molecule has 1 aliphatic carbocycles. The van der Waals surface area contributed by atoms with E-state index >= 15 is 0 Å². The van der Waals surface area contributed by atoms with Gasteiger partial charge in [-0.15, -0.1) is 0 Å². The summed E-state index contributed by atoms with van der Waals surface area (Å²) in [6.45, 7) is 6.84. The lowest BCUT2D eigenvalue weighted by Gasteiger charge is -2.40. The lowest BCUT2D eigenvalue weighted by Crippen LogP contribution is -2.48. The summed E-state index contributed by atoms with van der Waals surface area (Å²) in [4.78, 5) is 0. The van der Waals surface area contributed by atoms with Crippen LogP contribution in [0.15, 0.2) is 6.07 Å². The Morgan fingerprint density at radius 3 is 2.72 bits per heavy atom. The molecule has 0 aliphatic heterocycles. The van der Waals surface area contributed by atoms with Gasteiger partial charge in [0.05, 0.1) is 5.69 Å². The molecule has 1 heterocycles. The number of aryl methyl sites for hydroxylation is 2. The van der Waals surface area contributed by atoms with Crippen molar-refractivity contribution < 1.29 is 0 Å². The van der Waals surface area contributed by atoms with E-state index in [9.17, 15) is 0 Å². The fraction of sp³-hybridized carbons (Fsp3) is 0.800. The number of nitrogens with two attached hydrogens (primary N) is 1. The van der Waals surface area contributed by atoms with Crippen LogP contribution in [0.2, 0.25) is 0 Å². The second-order valence-corrected chi connectivity index (χ2v) is 6.34. The quantitative estimate of drug-likeness (QED) is 0.895. The first kappa shape index (κ1) is 13.6. The number of hydrogen-bond donors (Lipinski definition) is 1. The molecular formula is C15H27N3. The SMILES string of the molecule is CCc1cc(CC2(N)CCC(C)C(C)C2)n(C)n1. The van der Waals surface area contributed by atoms with E-state index in [4.69, 9.17) is 5.73 Å². The summed E-state index contributed by atoms with van der Waals surface area (Å²) in [7, 11) is 2.03. The van der Waals surface area contributed by atoms with Crippen LogP contribution in [0.1, 0.15) is 51.4 Å². The van der Waals surface area contributed by atoms with Gasteiger partial charge < -0.3 is 5.73 Å². The van der Waals surface area contributed by atoms with Crippen molar-refractivity contribution in [1.29, 1.82) is 0 Å². The summed E-state index contributed by atoms with van der Waals surface area (Å²) >= 11 is 0. The molecule has 3 nitrogen and oxygen atoms in total. The van der Waals surface area contributed by atoms with Gasteiger partial charge in [-0.1, -0.05) is 20.8 Å². The van der Waals surface area contributed by atoms with Crippen LogP contribution < -0.4 is 5.73 Å². The van der Waals surface area contributed by atoms with E-state index in [1.54, 1.807) is 0 Å². The van der Waals surface area contributed by atoms with Gasteiger partial charge >= 0.3 is 0 Å². The predicted octanol–water partition coefficient (Wildman–Crippen LogP) is 2.68. The molecule has 1 aromatic heterocycles. The molecule has 0 spiro atoms. The van der Waals surface area contributed by atoms with Gasteiger partial charge in [-0.05, 0) is 43.6 Å². The monoisotopic (exact) mass is 249 g/mol. The van der Waals surface area contributed by atoms with Crippen molar-refractivity contribution in [3.05, 3.63) is 17.5 Å². The third-order valence-electron chi connectivity index (χ3n) is 4.72. The molecule has 3 heteroatoms. The fourth-order valence-electron chi connectivity index (χ4n) is 3.18. The first-order valence-electron chi connectivity index (χ1n) is 7.24. The molecule has 1 fully saturated rings. The molecule has 3 atom stereocenters. The molecule has 102 valence electrons. The molecule has 3 unspecified atom stereocenters. The standard InChI is InChI=1S/C15H27N3/c1-5-13-8-14(18(4)17-13)10-15(16)7-6-11(2)12(3)9-15/h8,11-12H,5-7,9-10,16H2,1-4H3. The lowest BCUT2D eigenvalue weighted by atomic mass is 9.70. The average Bonchev–Trinajstić information content (AvgIpc) is 2.65. The highest BCUT2D eigenvalue weighted by molar-refractivity contribution is 5.14. The summed E-state index contributed by atoms with van der Waals surface area (Å²) in [5.41, 5.74) is 9.06. The third-order valence-corrected chi connectivity index (χ3v) is 4.72. The molecule has 2 N–H and O–H groups in total. The van der Waals surface area contributed by atoms with Crippen LogP contribution in [0.25, 0.3) is 0 Å². The highest BCUT2D eigenvalue weighted by Crippen LogP contribution is 2.36. The first-order valence-corrected chi connectivity index (χ1v) is 7.24. The minimum Gasteiger partial charge on any atom is -0.325 e. The maximum atomic E-state index is 6.62. The molecule has 0 saturated heterocycles. The Morgan fingerprint density at radius 2 is 2.17 bits per heavy atom. The molecule has 1 saturated carbocycles. The van der Waals surface area contributed by atoms with E-state index in [1.165, 1.54) is 17.8 Å². The van der Waals surface area contributed by atoms with E-state index < -0.39 is 0 Å². The van der Waals surface area contributed by atoms with Crippen LogP contribution in [0.4, 0.5) is 0 Å².